The molecule has 2 nitrogen and oxygen atoms in total. The lowest BCUT2D eigenvalue weighted by Gasteiger charge is -2.16. The second-order valence-electron chi connectivity index (χ2n) is 4.27. The number of rotatable bonds is 1. The normalized spacial score (nSPS) is 19.7. The van der Waals surface area contributed by atoms with Crippen molar-refractivity contribution in [1.82, 2.24) is 4.98 Å². The van der Waals surface area contributed by atoms with Gasteiger partial charge in [0, 0.05) is 21.6 Å². The monoisotopic (exact) mass is 232 g/mol. The van der Waals surface area contributed by atoms with Gasteiger partial charge in [-0.15, -0.1) is 0 Å². The second-order valence-corrected chi connectivity index (χ2v) is 4.71. The predicted molar refractivity (Wildman–Crippen MR) is 64.7 cm³/mol. The first kappa shape index (κ1) is 9.91. The molecule has 3 rings (SSSR count). The Labute approximate surface area is 98.6 Å². The number of carbonyl (C=O) groups excluding carboxylic acids is 1. The van der Waals surface area contributed by atoms with Crippen molar-refractivity contribution in [3.05, 3.63) is 34.5 Å². The maximum Gasteiger partial charge on any atom is 0.208 e. The van der Waals surface area contributed by atoms with Crippen molar-refractivity contribution in [2.24, 2.45) is 0 Å². The quantitative estimate of drug-likeness (QED) is 0.804. The van der Waals surface area contributed by atoms with Crippen LogP contribution >= 0.6 is 11.6 Å². The number of hydrogen-bond acceptors (Lipinski definition) is 1. The Hall–Kier alpha value is -1.28. The lowest BCUT2D eigenvalue weighted by atomic mass is 9.88. The van der Waals surface area contributed by atoms with Crippen LogP contribution in [0.5, 0.6) is 0 Å². The molecule has 1 aromatic carbocycles. The predicted octanol–water partition coefficient (Wildman–Crippen LogP) is 3.35. The van der Waals surface area contributed by atoms with Crippen LogP contribution in [-0.2, 0) is 11.2 Å². The molecule has 1 heterocycles. The molecule has 0 fully saturated rings. The van der Waals surface area contributed by atoms with Crippen molar-refractivity contribution in [3.63, 3.8) is 0 Å². The van der Waals surface area contributed by atoms with Gasteiger partial charge in [-0.3, -0.25) is 4.79 Å². The number of benzene rings is 1. The van der Waals surface area contributed by atoms with Crippen LogP contribution in [0.4, 0.5) is 0 Å². The minimum absolute atomic E-state index is 0.0880. The number of halogens is 1. The van der Waals surface area contributed by atoms with Crippen molar-refractivity contribution in [2.75, 3.05) is 0 Å². The van der Waals surface area contributed by atoms with Crippen LogP contribution in [0.15, 0.2) is 18.2 Å². The van der Waals surface area contributed by atoms with Gasteiger partial charge in [-0.1, -0.05) is 11.6 Å². The fraction of sp³-hybridized carbons (Fsp3) is 0.308. The van der Waals surface area contributed by atoms with Crippen LogP contribution < -0.4 is 0 Å². The molecular weight excluding hydrogens is 222 g/mol. The molecule has 2 aromatic rings. The van der Waals surface area contributed by atoms with E-state index in [4.69, 9.17) is 11.6 Å². The van der Waals surface area contributed by atoms with Gasteiger partial charge in [0.1, 0.15) is 0 Å². The van der Waals surface area contributed by atoms with E-state index in [0.29, 0.717) is 0 Å². The van der Waals surface area contributed by atoms with E-state index in [2.05, 4.69) is 11.3 Å². The van der Waals surface area contributed by atoms with Crippen molar-refractivity contribution >= 4 is 28.8 Å². The molecule has 0 spiro atoms. The molecule has 1 aromatic heterocycles. The summed E-state index contributed by atoms with van der Waals surface area (Å²) in [7, 11) is 0. The number of H-pyrrole nitrogens is 1. The summed E-state index contributed by atoms with van der Waals surface area (Å²) in [4.78, 5) is 14.2. The Morgan fingerprint density at radius 1 is 1.44 bits per heavy atom. The van der Waals surface area contributed by atoms with E-state index in [0.717, 1.165) is 40.9 Å². The average Bonchev–Trinajstić information content (AvgIpc) is 2.67. The van der Waals surface area contributed by atoms with Gasteiger partial charge in [0.15, 0.2) is 0 Å². The first-order valence-electron chi connectivity index (χ1n) is 5.47. The summed E-state index contributed by atoms with van der Waals surface area (Å²) in [5, 5.41) is 1.90. The van der Waals surface area contributed by atoms with Gasteiger partial charge in [-0.05, 0) is 43.0 Å². The van der Waals surface area contributed by atoms with Crippen LogP contribution in [0, 0.1) is 0 Å². The van der Waals surface area contributed by atoms with Gasteiger partial charge in [-0.25, -0.2) is 0 Å². The zero-order chi connectivity index (χ0) is 11.1. The number of nitrogens with one attached hydrogen (secondary N) is 1. The molecule has 1 unspecified atom stereocenters. The average molecular weight is 233 g/mol. The Morgan fingerprint density at radius 2 is 2.31 bits per heavy atom. The van der Waals surface area contributed by atoms with E-state index in [-0.39, 0.29) is 5.92 Å². The minimum atomic E-state index is -0.0880. The number of aromatic amines is 1. The van der Waals surface area contributed by atoms with Crippen molar-refractivity contribution in [1.29, 1.82) is 0 Å². The fourth-order valence-corrected chi connectivity index (χ4v) is 2.72. The highest BCUT2D eigenvalue weighted by molar-refractivity contribution is 6.31. The Kier molecular flexibility index (Phi) is 2.25. The van der Waals surface area contributed by atoms with Gasteiger partial charge in [0.25, 0.3) is 0 Å². The van der Waals surface area contributed by atoms with E-state index in [9.17, 15) is 4.79 Å². The maximum absolute atomic E-state index is 10.9. The lowest BCUT2D eigenvalue weighted by molar-refractivity contribution is 0.524. The molecule has 0 saturated carbocycles. The van der Waals surface area contributed by atoms with E-state index >= 15 is 0 Å². The van der Waals surface area contributed by atoms with Crippen LogP contribution in [0.1, 0.15) is 30.0 Å². The molecule has 0 aliphatic heterocycles. The second kappa shape index (κ2) is 3.63. The number of aryl methyl sites for hydroxylation is 1. The first-order chi connectivity index (χ1) is 7.79. The molecule has 1 atom stereocenters. The molecule has 1 N–H and O–H groups in total. The summed E-state index contributed by atoms with van der Waals surface area (Å²) in [6.07, 6.45) is 5.09. The Morgan fingerprint density at radius 3 is 3.12 bits per heavy atom. The number of hydrogen-bond donors (Lipinski definition) is 1. The van der Waals surface area contributed by atoms with Gasteiger partial charge in [0.2, 0.25) is 6.29 Å². The lowest BCUT2D eigenvalue weighted by Crippen LogP contribution is -2.09. The van der Waals surface area contributed by atoms with E-state index in [1.165, 1.54) is 5.56 Å². The molecule has 1 radical (unpaired) electrons. The van der Waals surface area contributed by atoms with Crippen molar-refractivity contribution < 1.29 is 4.79 Å². The summed E-state index contributed by atoms with van der Waals surface area (Å²) < 4.78 is 0. The topological polar surface area (TPSA) is 32.9 Å². The summed E-state index contributed by atoms with van der Waals surface area (Å²) in [5.74, 6) is -0.0880. The third-order valence-electron chi connectivity index (χ3n) is 3.31. The number of aromatic nitrogens is 1. The van der Waals surface area contributed by atoms with Crippen LogP contribution in [0.3, 0.4) is 0 Å². The third-order valence-corrected chi connectivity index (χ3v) is 3.55. The Bertz CT molecular complexity index is 558. The molecule has 0 bridgehead atoms. The highest BCUT2D eigenvalue weighted by atomic mass is 35.5. The molecular formula is C13H11ClNO. The zero-order valence-electron chi connectivity index (χ0n) is 8.72. The molecule has 3 heteroatoms. The third kappa shape index (κ3) is 1.37. The van der Waals surface area contributed by atoms with Gasteiger partial charge in [-0.2, -0.15) is 0 Å². The van der Waals surface area contributed by atoms with Gasteiger partial charge in [0.05, 0.1) is 5.92 Å². The van der Waals surface area contributed by atoms with Crippen molar-refractivity contribution in [2.45, 2.75) is 25.2 Å². The summed E-state index contributed by atoms with van der Waals surface area (Å²) in [5.41, 5.74) is 3.35. The highest BCUT2D eigenvalue weighted by Gasteiger charge is 2.24. The largest absolute Gasteiger partial charge is 0.358 e. The molecule has 1 aliphatic carbocycles. The molecule has 81 valence electrons. The zero-order valence-corrected chi connectivity index (χ0v) is 9.47. The Balaban J connectivity index is 2.28. The van der Waals surface area contributed by atoms with Crippen LogP contribution in [0.2, 0.25) is 5.02 Å². The van der Waals surface area contributed by atoms with Crippen molar-refractivity contribution in [3.8, 4) is 0 Å². The SMILES string of the molecule is O=[C]C1CCCc2c1[nH]c1ccc(Cl)cc21. The fourth-order valence-electron chi connectivity index (χ4n) is 2.55. The molecule has 0 amide bonds. The van der Waals surface area contributed by atoms with Crippen LogP contribution in [-0.4, -0.2) is 11.3 Å². The maximum atomic E-state index is 10.9. The summed E-state index contributed by atoms with van der Waals surface area (Å²) in [6, 6.07) is 5.81. The molecule has 16 heavy (non-hydrogen) atoms. The number of fused-ring (bicyclic) bond motifs is 3. The van der Waals surface area contributed by atoms with Crippen LogP contribution in [0.25, 0.3) is 10.9 Å². The molecule has 0 saturated heterocycles. The van der Waals surface area contributed by atoms with E-state index in [1.807, 2.05) is 18.2 Å². The summed E-state index contributed by atoms with van der Waals surface area (Å²) >= 11 is 6.00. The first-order valence-corrected chi connectivity index (χ1v) is 5.85. The van der Waals surface area contributed by atoms with E-state index < -0.39 is 0 Å². The van der Waals surface area contributed by atoms with Gasteiger partial charge >= 0.3 is 0 Å². The van der Waals surface area contributed by atoms with Gasteiger partial charge < -0.3 is 4.98 Å². The summed E-state index contributed by atoms with van der Waals surface area (Å²) in [6.45, 7) is 0. The highest BCUT2D eigenvalue weighted by Crippen LogP contribution is 2.35. The smallest absolute Gasteiger partial charge is 0.208 e. The van der Waals surface area contributed by atoms with E-state index in [1.54, 1.807) is 0 Å². The molecule has 1 aliphatic rings. The standard InChI is InChI=1S/C13H11ClNO/c14-9-4-5-12-11(6-9)10-3-1-2-8(7-16)13(10)15-12/h4-6,8,15H,1-3H2. The minimum Gasteiger partial charge on any atom is -0.358 e.